The van der Waals surface area contributed by atoms with Crippen molar-refractivity contribution in [1.82, 2.24) is 5.32 Å². The first kappa shape index (κ1) is 16.0. The predicted molar refractivity (Wildman–Crippen MR) is 88.6 cm³/mol. The molecule has 0 atom stereocenters. The van der Waals surface area contributed by atoms with Gasteiger partial charge < -0.3 is 10.6 Å². The van der Waals surface area contributed by atoms with Crippen LogP contribution in [0.4, 0.5) is 5.69 Å². The highest BCUT2D eigenvalue weighted by Gasteiger charge is 2.15. The Morgan fingerprint density at radius 3 is 2.38 bits per heavy atom. The molecule has 0 saturated carbocycles. The molecule has 1 aromatic carbocycles. The van der Waals surface area contributed by atoms with E-state index in [0.29, 0.717) is 12.3 Å². The first-order chi connectivity index (χ1) is 9.95. The number of carbonyl (C=O) groups excluding carboxylic acids is 1. The molecule has 0 aliphatic carbocycles. The number of anilines is 1. The molecule has 1 fully saturated rings. The average molecular weight is 288 g/mol. The van der Waals surface area contributed by atoms with Gasteiger partial charge in [0, 0.05) is 12.1 Å². The quantitative estimate of drug-likeness (QED) is 0.887. The third-order valence-electron chi connectivity index (χ3n) is 4.27. The number of rotatable bonds is 4. The van der Waals surface area contributed by atoms with Crippen molar-refractivity contribution < 1.29 is 4.79 Å². The zero-order valence-corrected chi connectivity index (χ0v) is 13.5. The van der Waals surface area contributed by atoms with Crippen molar-refractivity contribution in [2.24, 2.45) is 5.92 Å². The second-order valence-corrected chi connectivity index (χ2v) is 7.11. The third-order valence-corrected chi connectivity index (χ3v) is 4.27. The molecule has 2 rings (SSSR count). The number of hydrogen-bond acceptors (Lipinski definition) is 2. The number of amides is 1. The van der Waals surface area contributed by atoms with Crippen LogP contribution in [0.3, 0.4) is 0 Å². The van der Waals surface area contributed by atoms with Gasteiger partial charge in [0.25, 0.3) is 0 Å². The van der Waals surface area contributed by atoms with Crippen LogP contribution >= 0.6 is 0 Å². The van der Waals surface area contributed by atoms with Crippen LogP contribution in [-0.4, -0.2) is 19.0 Å². The van der Waals surface area contributed by atoms with Gasteiger partial charge in [-0.3, -0.25) is 4.79 Å². The molecule has 116 valence electrons. The smallest absolute Gasteiger partial charge is 0.224 e. The molecule has 3 nitrogen and oxygen atoms in total. The minimum Gasteiger partial charge on any atom is -0.326 e. The van der Waals surface area contributed by atoms with Crippen LogP contribution in [0.1, 0.15) is 52.0 Å². The summed E-state index contributed by atoms with van der Waals surface area (Å²) in [6.45, 7) is 8.78. The maximum Gasteiger partial charge on any atom is 0.224 e. The largest absolute Gasteiger partial charge is 0.326 e. The van der Waals surface area contributed by atoms with E-state index in [1.165, 1.54) is 18.4 Å². The van der Waals surface area contributed by atoms with Crippen molar-refractivity contribution in [3.63, 3.8) is 0 Å². The summed E-state index contributed by atoms with van der Waals surface area (Å²) < 4.78 is 0. The molecule has 3 heteroatoms. The Bertz CT molecular complexity index is 453. The van der Waals surface area contributed by atoms with E-state index in [4.69, 9.17) is 0 Å². The van der Waals surface area contributed by atoms with Crippen molar-refractivity contribution >= 4 is 11.6 Å². The first-order valence-corrected chi connectivity index (χ1v) is 8.06. The van der Waals surface area contributed by atoms with Gasteiger partial charge in [0.1, 0.15) is 0 Å². The zero-order chi connectivity index (χ0) is 15.3. The van der Waals surface area contributed by atoms with Gasteiger partial charge >= 0.3 is 0 Å². The molecule has 1 amide bonds. The normalized spacial score (nSPS) is 16.7. The minimum atomic E-state index is 0.136. The van der Waals surface area contributed by atoms with Crippen molar-refractivity contribution in [1.29, 1.82) is 0 Å². The Morgan fingerprint density at radius 1 is 1.19 bits per heavy atom. The molecule has 0 aromatic heterocycles. The topological polar surface area (TPSA) is 41.1 Å². The van der Waals surface area contributed by atoms with E-state index in [1.807, 2.05) is 12.1 Å². The monoisotopic (exact) mass is 288 g/mol. The number of piperidine rings is 1. The highest BCUT2D eigenvalue weighted by Crippen LogP contribution is 2.24. The number of nitrogens with one attached hydrogen (secondary N) is 2. The lowest BCUT2D eigenvalue weighted by Gasteiger charge is -2.22. The molecule has 1 aliphatic heterocycles. The maximum atomic E-state index is 12.0. The second kappa shape index (κ2) is 7.08. The molecule has 1 aromatic rings. The fraction of sp³-hybridized carbons (Fsp3) is 0.611. The highest BCUT2D eigenvalue weighted by molar-refractivity contribution is 5.90. The third kappa shape index (κ3) is 5.16. The zero-order valence-electron chi connectivity index (χ0n) is 13.5. The number of benzene rings is 1. The number of hydrogen-bond donors (Lipinski definition) is 2. The van der Waals surface area contributed by atoms with E-state index in [1.54, 1.807) is 0 Å². The van der Waals surface area contributed by atoms with Crippen LogP contribution < -0.4 is 10.6 Å². The van der Waals surface area contributed by atoms with Crippen LogP contribution in [0.25, 0.3) is 0 Å². The number of carbonyl (C=O) groups is 1. The summed E-state index contributed by atoms with van der Waals surface area (Å²) in [4.78, 5) is 12.0. The molecule has 1 heterocycles. The van der Waals surface area contributed by atoms with Crippen LogP contribution in [-0.2, 0) is 10.2 Å². The molecular weight excluding hydrogens is 260 g/mol. The summed E-state index contributed by atoms with van der Waals surface area (Å²) in [5, 5.41) is 6.36. The summed E-state index contributed by atoms with van der Waals surface area (Å²) in [5.41, 5.74) is 2.34. The molecule has 1 saturated heterocycles. The summed E-state index contributed by atoms with van der Waals surface area (Å²) in [5.74, 6) is 0.845. The second-order valence-electron chi connectivity index (χ2n) is 7.11. The fourth-order valence-corrected chi connectivity index (χ4v) is 2.78. The van der Waals surface area contributed by atoms with Crippen LogP contribution in [0, 0.1) is 5.92 Å². The SMILES string of the molecule is CC(C)(C)c1ccc(NC(=O)CCC2CCNCC2)cc1. The summed E-state index contributed by atoms with van der Waals surface area (Å²) >= 11 is 0. The Kier molecular flexibility index (Phi) is 5.40. The van der Waals surface area contributed by atoms with Crippen molar-refractivity contribution in [3.8, 4) is 0 Å². The lowest BCUT2D eigenvalue weighted by atomic mass is 9.87. The molecule has 2 N–H and O–H groups in total. The average Bonchev–Trinajstić information content (AvgIpc) is 2.46. The van der Waals surface area contributed by atoms with Crippen molar-refractivity contribution in [3.05, 3.63) is 29.8 Å². The minimum absolute atomic E-state index is 0.136. The van der Waals surface area contributed by atoms with Crippen molar-refractivity contribution in [2.45, 2.75) is 51.9 Å². The maximum absolute atomic E-state index is 12.0. The van der Waals surface area contributed by atoms with E-state index >= 15 is 0 Å². The fourth-order valence-electron chi connectivity index (χ4n) is 2.78. The van der Waals surface area contributed by atoms with E-state index in [9.17, 15) is 4.79 Å². The van der Waals surface area contributed by atoms with E-state index < -0.39 is 0 Å². The van der Waals surface area contributed by atoms with Crippen molar-refractivity contribution in [2.75, 3.05) is 18.4 Å². The molecule has 1 aliphatic rings. The highest BCUT2D eigenvalue weighted by atomic mass is 16.1. The molecule has 0 bridgehead atoms. The van der Waals surface area contributed by atoms with Gasteiger partial charge in [-0.2, -0.15) is 0 Å². The van der Waals surface area contributed by atoms with Gasteiger partial charge in [-0.1, -0.05) is 32.9 Å². The van der Waals surface area contributed by atoms with Gasteiger partial charge in [-0.25, -0.2) is 0 Å². The van der Waals surface area contributed by atoms with Gasteiger partial charge in [0.15, 0.2) is 0 Å². The van der Waals surface area contributed by atoms with Gasteiger partial charge in [0.05, 0.1) is 0 Å². The van der Waals surface area contributed by atoms with E-state index in [2.05, 4.69) is 43.5 Å². The van der Waals surface area contributed by atoms with Gasteiger partial charge in [0.2, 0.25) is 5.91 Å². The van der Waals surface area contributed by atoms with E-state index in [0.717, 1.165) is 25.2 Å². The Morgan fingerprint density at radius 2 is 1.81 bits per heavy atom. The standard InChI is InChI=1S/C18H28N2O/c1-18(2,3)15-5-7-16(8-6-15)20-17(21)9-4-14-10-12-19-13-11-14/h5-8,14,19H,4,9-13H2,1-3H3,(H,20,21). The lowest BCUT2D eigenvalue weighted by molar-refractivity contribution is -0.116. The Balaban J connectivity index is 1.79. The predicted octanol–water partition coefficient (Wildman–Crippen LogP) is 3.70. The van der Waals surface area contributed by atoms with Gasteiger partial charge in [-0.15, -0.1) is 0 Å². The van der Waals surface area contributed by atoms with Crippen LogP contribution in [0.2, 0.25) is 0 Å². The molecule has 0 radical (unpaired) electrons. The van der Waals surface area contributed by atoms with Crippen LogP contribution in [0.15, 0.2) is 24.3 Å². The summed E-state index contributed by atoms with van der Waals surface area (Å²) in [7, 11) is 0. The summed E-state index contributed by atoms with van der Waals surface area (Å²) in [6, 6.07) is 8.21. The lowest BCUT2D eigenvalue weighted by Crippen LogP contribution is -2.28. The molecule has 0 spiro atoms. The first-order valence-electron chi connectivity index (χ1n) is 8.06. The molecule has 21 heavy (non-hydrogen) atoms. The molecule has 0 unspecified atom stereocenters. The Hall–Kier alpha value is -1.35. The molecular formula is C18H28N2O. The van der Waals surface area contributed by atoms with Crippen LogP contribution in [0.5, 0.6) is 0 Å². The summed E-state index contributed by atoms with van der Waals surface area (Å²) in [6.07, 6.45) is 4.04. The van der Waals surface area contributed by atoms with E-state index in [-0.39, 0.29) is 11.3 Å². The Labute approximate surface area is 128 Å². The van der Waals surface area contributed by atoms with Gasteiger partial charge in [-0.05, 0) is 61.4 Å².